The Morgan fingerprint density at radius 1 is 1.32 bits per heavy atom. The number of aromatic nitrogens is 1. The lowest BCUT2D eigenvalue weighted by Crippen LogP contribution is -2.24. The highest BCUT2D eigenvalue weighted by Gasteiger charge is 2.20. The summed E-state index contributed by atoms with van der Waals surface area (Å²) in [7, 11) is 2.10. The summed E-state index contributed by atoms with van der Waals surface area (Å²) in [6.45, 7) is 3.18. The minimum Gasteiger partial charge on any atom is -0.454 e. The van der Waals surface area contributed by atoms with Crippen LogP contribution < -0.4 is 9.47 Å². The van der Waals surface area contributed by atoms with E-state index in [0.717, 1.165) is 30.0 Å². The van der Waals surface area contributed by atoms with Crippen molar-refractivity contribution in [2.24, 2.45) is 0 Å². The molecule has 22 heavy (non-hydrogen) atoms. The summed E-state index contributed by atoms with van der Waals surface area (Å²) in [5, 5.41) is 0.706. The smallest absolute Gasteiger partial charge is 0.231 e. The third-order valence-corrected chi connectivity index (χ3v) is 4.30. The predicted octanol–water partition coefficient (Wildman–Crippen LogP) is 4.05. The van der Waals surface area contributed by atoms with Gasteiger partial charge in [-0.1, -0.05) is 24.6 Å². The molecule has 0 saturated heterocycles. The average Bonchev–Trinajstić information content (AvgIpc) is 2.96. The number of hydrogen-bond donors (Lipinski definition) is 0. The fourth-order valence-electron chi connectivity index (χ4n) is 2.83. The molecule has 1 aromatic heterocycles. The van der Waals surface area contributed by atoms with Gasteiger partial charge in [0.2, 0.25) is 6.79 Å². The Morgan fingerprint density at radius 3 is 2.77 bits per heavy atom. The first-order valence-corrected chi connectivity index (χ1v) is 7.75. The molecule has 1 atom stereocenters. The highest BCUT2D eigenvalue weighted by Crippen LogP contribution is 2.37. The van der Waals surface area contributed by atoms with Gasteiger partial charge in [-0.05, 0) is 36.7 Å². The second-order valence-corrected chi connectivity index (χ2v) is 5.83. The van der Waals surface area contributed by atoms with Crippen molar-refractivity contribution in [1.82, 2.24) is 9.88 Å². The van der Waals surface area contributed by atoms with E-state index in [4.69, 9.17) is 21.1 Å². The SMILES string of the molecule is CC[C@H](c1cccnc1)N(C)Cc1cc2c(cc1Cl)OCO2. The quantitative estimate of drug-likeness (QED) is 0.833. The fourth-order valence-corrected chi connectivity index (χ4v) is 3.05. The van der Waals surface area contributed by atoms with Gasteiger partial charge in [0, 0.05) is 36.1 Å². The zero-order valence-electron chi connectivity index (χ0n) is 12.8. The van der Waals surface area contributed by atoms with Crippen molar-refractivity contribution < 1.29 is 9.47 Å². The summed E-state index contributed by atoms with van der Waals surface area (Å²) in [5.41, 5.74) is 2.25. The zero-order chi connectivity index (χ0) is 15.5. The van der Waals surface area contributed by atoms with Gasteiger partial charge >= 0.3 is 0 Å². The fraction of sp³-hybridized carbons (Fsp3) is 0.353. The molecule has 0 aliphatic carbocycles. The van der Waals surface area contributed by atoms with Crippen molar-refractivity contribution in [2.45, 2.75) is 25.9 Å². The Balaban J connectivity index is 1.80. The van der Waals surface area contributed by atoms with Gasteiger partial charge in [-0.25, -0.2) is 0 Å². The Bertz CT molecular complexity index is 649. The molecule has 1 aliphatic rings. The maximum absolute atomic E-state index is 6.37. The Morgan fingerprint density at radius 2 is 2.09 bits per heavy atom. The van der Waals surface area contributed by atoms with E-state index in [9.17, 15) is 0 Å². The van der Waals surface area contributed by atoms with E-state index in [1.807, 2.05) is 24.4 Å². The third-order valence-electron chi connectivity index (χ3n) is 3.95. The molecule has 2 heterocycles. The lowest BCUT2D eigenvalue weighted by atomic mass is 10.0. The molecule has 0 radical (unpaired) electrons. The zero-order valence-corrected chi connectivity index (χ0v) is 13.5. The number of rotatable bonds is 5. The van der Waals surface area contributed by atoms with E-state index >= 15 is 0 Å². The molecule has 0 fully saturated rings. The minimum absolute atomic E-state index is 0.262. The maximum Gasteiger partial charge on any atom is 0.231 e. The van der Waals surface area contributed by atoms with E-state index < -0.39 is 0 Å². The molecular weight excluding hydrogens is 300 g/mol. The monoisotopic (exact) mass is 318 g/mol. The van der Waals surface area contributed by atoms with Gasteiger partial charge in [0.25, 0.3) is 0 Å². The normalized spacial score (nSPS) is 14.4. The van der Waals surface area contributed by atoms with Crippen molar-refractivity contribution in [3.63, 3.8) is 0 Å². The summed E-state index contributed by atoms with van der Waals surface area (Å²) >= 11 is 6.37. The Kier molecular flexibility index (Phi) is 4.50. The molecule has 1 aromatic carbocycles. The summed E-state index contributed by atoms with van der Waals surface area (Å²) in [5.74, 6) is 1.48. The summed E-state index contributed by atoms with van der Waals surface area (Å²) in [4.78, 5) is 6.50. The van der Waals surface area contributed by atoms with Gasteiger partial charge in [-0.15, -0.1) is 0 Å². The Hall–Kier alpha value is -1.78. The summed E-state index contributed by atoms with van der Waals surface area (Å²) in [6.07, 6.45) is 4.72. The molecule has 2 aromatic rings. The van der Waals surface area contributed by atoms with Crippen LogP contribution in [-0.4, -0.2) is 23.7 Å². The lowest BCUT2D eigenvalue weighted by Gasteiger charge is -2.27. The van der Waals surface area contributed by atoms with Crippen LogP contribution in [0, 0.1) is 0 Å². The summed E-state index contributed by atoms with van der Waals surface area (Å²) in [6, 6.07) is 8.18. The van der Waals surface area contributed by atoms with Crippen molar-refractivity contribution in [3.05, 3.63) is 52.8 Å². The van der Waals surface area contributed by atoms with Gasteiger partial charge in [0.05, 0.1) is 0 Å². The molecule has 0 bridgehead atoms. The molecule has 116 valence electrons. The van der Waals surface area contributed by atoms with E-state index in [-0.39, 0.29) is 6.79 Å². The second-order valence-electron chi connectivity index (χ2n) is 5.42. The van der Waals surface area contributed by atoms with Crippen molar-refractivity contribution in [2.75, 3.05) is 13.8 Å². The highest BCUT2D eigenvalue weighted by atomic mass is 35.5. The molecule has 0 saturated carbocycles. The number of ether oxygens (including phenoxy) is 2. The van der Waals surface area contributed by atoms with Crippen LogP contribution in [0.25, 0.3) is 0 Å². The van der Waals surface area contributed by atoms with E-state index in [0.29, 0.717) is 11.1 Å². The molecule has 0 unspecified atom stereocenters. The third kappa shape index (κ3) is 3.03. The number of benzene rings is 1. The van der Waals surface area contributed by atoms with E-state index in [2.05, 4.69) is 29.9 Å². The van der Waals surface area contributed by atoms with Crippen LogP contribution >= 0.6 is 11.6 Å². The van der Waals surface area contributed by atoms with Crippen LogP contribution in [-0.2, 0) is 6.54 Å². The van der Waals surface area contributed by atoms with Crippen LogP contribution in [0.5, 0.6) is 11.5 Å². The minimum atomic E-state index is 0.262. The van der Waals surface area contributed by atoms with E-state index in [1.165, 1.54) is 5.56 Å². The molecule has 3 rings (SSSR count). The first-order chi connectivity index (χ1) is 10.7. The molecule has 1 aliphatic heterocycles. The van der Waals surface area contributed by atoms with Crippen LogP contribution in [0.3, 0.4) is 0 Å². The standard InChI is InChI=1S/C17H19ClN2O2/c1-3-15(12-5-4-6-19-9-12)20(2)10-13-7-16-17(8-14(13)18)22-11-21-16/h4-9,15H,3,10-11H2,1-2H3/t15-/m1/s1. The van der Waals surface area contributed by atoms with E-state index in [1.54, 1.807) is 6.20 Å². The van der Waals surface area contributed by atoms with Gasteiger partial charge in [0.1, 0.15) is 0 Å². The van der Waals surface area contributed by atoms with Crippen LogP contribution in [0.15, 0.2) is 36.7 Å². The van der Waals surface area contributed by atoms with Gasteiger partial charge in [0.15, 0.2) is 11.5 Å². The van der Waals surface area contributed by atoms with Crippen molar-refractivity contribution in [1.29, 1.82) is 0 Å². The topological polar surface area (TPSA) is 34.6 Å². The molecule has 4 nitrogen and oxygen atoms in total. The molecule has 0 amide bonds. The van der Waals surface area contributed by atoms with Crippen LogP contribution in [0.1, 0.15) is 30.5 Å². The number of hydrogen-bond acceptors (Lipinski definition) is 4. The maximum atomic E-state index is 6.37. The second kappa shape index (κ2) is 6.55. The molecule has 0 spiro atoms. The lowest BCUT2D eigenvalue weighted by molar-refractivity contribution is 0.174. The number of pyridine rings is 1. The summed E-state index contributed by atoms with van der Waals surface area (Å²) < 4.78 is 10.8. The molecule has 0 N–H and O–H groups in total. The van der Waals surface area contributed by atoms with Gasteiger partial charge in [-0.3, -0.25) is 9.88 Å². The number of fused-ring (bicyclic) bond motifs is 1. The molecular formula is C17H19ClN2O2. The first kappa shape index (κ1) is 15.1. The van der Waals surface area contributed by atoms with Gasteiger partial charge in [-0.2, -0.15) is 0 Å². The predicted molar refractivity (Wildman–Crippen MR) is 86.3 cm³/mol. The van der Waals surface area contributed by atoms with Crippen molar-refractivity contribution >= 4 is 11.6 Å². The largest absolute Gasteiger partial charge is 0.454 e. The Labute approximate surface area is 135 Å². The van der Waals surface area contributed by atoms with Crippen molar-refractivity contribution in [3.8, 4) is 11.5 Å². The van der Waals surface area contributed by atoms with Crippen LogP contribution in [0.4, 0.5) is 0 Å². The number of nitrogens with zero attached hydrogens (tertiary/aromatic N) is 2. The molecule has 5 heteroatoms. The number of halogens is 1. The first-order valence-electron chi connectivity index (χ1n) is 7.37. The average molecular weight is 319 g/mol. The van der Waals surface area contributed by atoms with Gasteiger partial charge < -0.3 is 9.47 Å². The van der Waals surface area contributed by atoms with Crippen LogP contribution in [0.2, 0.25) is 5.02 Å². The highest BCUT2D eigenvalue weighted by molar-refractivity contribution is 6.31.